The molecule has 0 aliphatic carbocycles. The van der Waals surface area contributed by atoms with Crippen molar-refractivity contribution in [2.75, 3.05) is 44.2 Å². The first-order valence-electron chi connectivity index (χ1n) is 12.0. The number of hydrogen-bond acceptors (Lipinski definition) is 5. The minimum absolute atomic E-state index is 0.0359. The Balaban J connectivity index is 1.13. The summed E-state index contributed by atoms with van der Waals surface area (Å²) in [5, 5.41) is 7.85. The summed E-state index contributed by atoms with van der Waals surface area (Å²) in [6, 6.07) is 11.4. The number of likely N-dealkylation sites (tertiary alicyclic amines) is 1. The highest BCUT2D eigenvalue weighted by molar-refractivity contribution is 6.30. The van der Waals surface area contributed by atoms with Gasteiger partial charge in [0.1, 0.15) is 5.69 Å². The van der Waals surface area contributed by atoms with Crippen LogP contribution in [0.4, 0.5) is 5.69 Å². The lowest BCUT2D eigenvalue weighted by Crippen LogP contribution is -2.52. The zero-order valence-electron chi connectivity index (χ0n) is 19.8. The van der Waals surface area contributed by atoms with Crippen LogP contribution in [0.3, 0.4) is 0 Å². The molecule has 182 valence electrons. The van der Waals surface area contributed by atoms with Crippen molar-refractivity contribution in [3.63, 3.8) is 0 Å². The third-order valence-corrected chi connectivity index (χ3v) is 7.24. The summed E-state index contributed by atoms with van der Waals surface area (Å²) < 4.78 is 0. The minimum Gasteiger partial charge on any atom is -0.368 e. The topological polar surface area (TPSA) is 85.4 Å². The average molecular weight is 493 g/mol. The van der Waals surface area contributed by atoms with Gasteiger partial charge in [0, 0.05) is 73.9 Å². The van der Waals surface area contributed by atoms with Crippen molar-refractivity contribution in [1.82, 2.24) is 25.0 Å². The first-order valence-corrected chi connectivity index (χ1v) is 12.4. The fraction of sp³-hybridized carbons (Fsp3) is 0.385. The molecule has 4 heterocycles. The van der Waals surface area contributed by atoms with Crippen molar-refractivity contribution in [3.05, 3.63) is 65.1 Å². The first kappa shape index (κ1) is 23.4. The summed E-state index contributed by atoms with van der Waals surface area (Å²) in [6.45, 7) is 6.22. The molecular weight excluding hydrogens is 464 g/mol. The molecule has 0 atom stereocenters. The fourth-order valence-corrected chi connectivity index (χ4v) is 5.11. The number of piperazine rings is 1. The molecule has 9 heteroatoms. The second kappa shape index (κ2) is 10.1. The molecule has 1 aromatic carbocycles. The highest BCUT2D eigenvalue weighted by atomic mass is 35.5. The maximum absolute atomic E-state index is 13.2. The number of nitrogens with zero attached hydrogens (tertiary/aromatic N) is 5. The second-order valence-corrected chi connectivity index (χ2v) is 9.65. The van der Waals surface area contributed by atoms with Gasteiger partial charge < -0.3 is 14.7 Å². The van der Waals surface area contributed by atoms with Crippen molar-refractivity contribution in [2.45, 2.75) is 19.8 Å². The van der Waals surface area contributed by atoms with E-state index in [2.05, 4.69) is 27.0 Å². The average Bonchev–Trinajstić information content (AvgIpc) is 3.40. The zero-order valence-corrected chi connectivity index (χ0v) is 20.5. The van der Waals surface area contributed by atoms with E-state index < -0.39 is 0 Å². The van der Waals surface area contributed by atoms with Crippen LogP contribution in [0.25, 0.3) is 11.3 Å². The number of H-pyrrole nitrogens is 1. The van der Waals surface area contributed by atoms with Crippen LogP contribution >= 0.6 is 11.6 Å². The van der Waals surface area contributed by atoms with Crippen molar-refractivity contribution >= 4 is 29.1 Å². The second-order valence-electron chi connectivity index (χ2n) is 9.22. The van der Waals surface area contributed by atoms with Crippen LogP contribution in [0.15, 0.2) is 48.8 Å². The normalized spacial score (nSPS) is 17.0. The van der Waals surface area contributed by atoms with Gasteiger partial charge in [0.2, 0.25) is 5.91 Å². The third-order valence-electron chi connectivity index (χ3n) is 7.00. The number of benzene rings is 1. The molecule has 0 spiro atoms. The summed E-state index contributed by atoms with van der Waals surface area (Å²) in [5.41, 5.74) is 4.34. The summed E-state index contributed by atoms with van der Waals surface area (Å²) in [6.07, 6.45) is 4.79. The van der Waals surface area contributed by atoms with E-state index in [-0.39, 0.29) is 17.7 Å². The lowest BCUT2D eigenvalue weighted by Gasteiger charge is -2.39. The van der Waals surface area contributed by atoms with Crippen LogP contribution in [0.2, 0.25) is 5.02 Å². The van der Waals surface area contributed by atoms with Gasteiger partial charge in [0.25, 0.3) is 5.91 Å². The quantitative estimate of drug-likeness (QED) is 0.601. The van der Waals surface area contributed by atoms with Gasteiger partial charge in [-0.15, -0.1) is 0 Å². The van der Waals surface area contributed by atoms with Crippen molar-refractivity contribution in [3.8, 4) is 11.3 Å². The predicted octanol–water partition coefficient (Wildman–Crippen LogP) is 3.63. The molecule has 35 heavy (non-hydrogen) atoms. The molecule has 0 unspecified atom stereocenters. The summed E-state index contributed by atoms with van der Waals surface area (Å²) >= 11 is 6.19. The fourth-order valence-electron chi connectivity index (χ4n) is 4.94. The lowest BCUT2D eigenvalue weighted by molar-refractivity contribution is -0.137. The standard InChI is InChI=1S/C26H29ClN6O2/c1-18-4-5-21(27)15-24(18)31-11-13-33(14-12-31)25(34)19-6-9-32(10-7-19)26(35)23-16-22(29-30-23)20-3-2-8-28-17-20/h2-5,8,15-17,19H,6-7,9-14H2,1H3,(H,29,30). The number of rotatable bonds is 4. The van der Waals surface area contributed by atoms with E-state index in [1.54, 1.807) is 18.5 Å². The number of pyridine rings is 1. The Morgan fingerprint density at radius 3 is 2.49 bits per heavy atom. The van der Waals surface area contributed by atoms with Crippen LogP contribution in [0.1, 0.15) is 28.9 Å². The van der Waals surface area contributed by atoms with Gasteiger partial charge in [-0.1, -0.05) is 17.7 Å². The van der Waals surface area contributed by atoms with Crippen molar-refractivity contribution in [1.29, 1.82) is 0 Å². The molecule has 0 saturated carbocycles. The maximum atomic E-state index is 13.2. The Labute approximate surface area is 209 Å². The van der Waals surface area contributed by atoms with Crippen molar-refractivity contribution in [2.24, 2.45) is 5.92 Å². The predicted molar refractivity (Wildman–Crippen MR) is 135 cm³/mol. The number of halogens is 1. The highest BCUT2D eigenvalue weighted by Gasteiger charge is 2.32. The van der Waals surface area contributed by atoms with Crippen molar-refractivity contribution < 1.29 is 9.59 Å². The molecule has 0 bridgehead atoms. The molecular formula is C26H29ClN6O2. The number of anilines is 1. The van der Waals surface area contributed by atoms with E-state index >= 15 is 0 Å². The van der Waals surface area contributed by atoms with Crippen LogP contribution < -0.4 is 4.90 Å². The van der Waals surface area contributed by atoms with Gasteiger partial charge in [-0.05, 0) is 55.7 Å². The Bertz CT molecular complexity index is 1200. The molecule has 1 N–H and O–H groups in total. The number of aromatic nitrogens is 3. The number of hydrogen-bond donors (Lipinski definition) is 1. The summed E-state index contributed by atoms with van der Waals surface area (Å²) in [4.78, 5) is 36.4. The van der Waals surface area contributed by atoms with Crippen LogP contribution in [0, 0.1) is 12.8 Å². The van der Waals surface area contributed by atoms with Gasteiger partial charge in [0.15, 0.2) is 0 Å². The van der Waals surface area contributed by atoms with E-state index in [0.29, 0.717) is 50.4 Å². The minimum atomic E-state index is -0.0796. The zero-order chi connectivity index (χ0) is 24.4. The number of aromatic amines is 1. The Morgan fingerprint density at radius 2 is 1.77 bits per heavy atom. The number of aryl methyl sites for hydroxylation is 1. The lowest BCUT2D eigenvalue weighted by atomic mass is 9.94. The Kier molecular flexibility index (Phi) is 6.72. The largest absolute Gasteiger partial charge is 0.368 e. The molecule has 2 amide bonds. The monoisotopic (exact) mass is 492 g/mol. The Morgan fingerprint density at radius 1 is 1.00 bits per heavy atom. The number of nitrogens with one attached hydrogen (secondary N) is 1. The molecule has 2 aliphatic heterocycles. The van der Waals surface area contributed by atoms with Crippen LogP contribution in [-0.4, -0.2) is 76.1 Å². The van der Waals surface area contributed by atoms with Gasteiger partial charge in [0.05, 0.1) is 5.69 Å². The third kappa shape index (κ3) is 5.03. The van der Waals surface area contributed by atoms with Gasteiger partial charge in [-0.2, -0.15) is 5.10 Å². The number of carbonyl (C=O) groups excluding carboxylic acids is 2. The molecule has 0 radical (unpaired) electrons. The van der Waals surface area contributed by atoms with E-state index in [4.69, 9.17) is 11.6 Å². The number of carbonyl (C=O) groups is 2. The number of piperidine rings is 1. The van der Waals surface area contributed by atoms with Crippen LogP contribution in [-0.2, 0) is 4.79 Å². The Hall–Kier alpha value is -3.39. The molecule has 8 nitrogen and oxygen atoms in total. The highest BCUT2D eigenvalue weighted by Crippen LogP contribution is 2.27. The van der Waals surface area contributed by atoms with E-state index in [1.807, 2.05) is 40.1 Å². The molecule has 3 aromatic rings. The van der Waals surface area contributed by atoms with Gasteiger partial charge in [-0.25, -0.2) is 0 Å². The summed E-state index contributed by atoms with van der Waals surface area (Å²) in [5.74, 6) is 0.0928. The van der Waals surface area contributed by atoms with Gasteiger partial charge in [-0.3, -0.25) is 19.7 Å². The molecule has 2 aromatic heterocycles. The molecule has 2 aliphatic rings. The molecule has 2 saturated heterocycles. The first-order chi connectivity index (χ1) is 17.0. The number of amides is 2. The van der Waals surface area contributed by atoms with E-state index in [1.165, 1.54) is 5.56 Å². The maximum Gasteiger partial charge on any atom is 0.271 e. The molecule has 2 fully saturated rings. The smallest absolute Gasteiger partial charge is 0.271 e. The van der Waals surface area contributed by atoms with E-state index in [0.717, 1.165) is 29.4 Å². The van der Waals surface area contributed by atoms with Gasteiger partial charge >= 0.3 is 0 Å². The molecule has 5 rings (SSSR count). The van der Waals surface area contributed by atoms with E-state index in [9.17, 15) is 9.59 Å². The summed E-state index contributed by atoms with van der Waals surface area (Å²) in [7, 11) is 0. The SMILES string of the molecule is Cc1ccc(Cl)cc1N1CCN(C(=O)C2CCN(C(=O)c3cc(-c4cccnc4)n[nH]3)CC2)CC1. The van der Waals surface area contributed by atoms with Crippen LogP contribution in [0.5, 0.6) is 0 Å².